The Morgan fingerprint density at radius 2 is 1.95 bits per heavy atom. The summed E-state index contributed by atoms with van der Waals surface area (Å²) in [5.74, 6) is 0.859. The molecule has 0 aliphatic carbocycles. The van der Waals surface area contributed by atoms with Crippen LogP contribution in [0.25, 0.3) is 0 Å². The smallest absolute Gasteiger partial charge is 0.118 e. The molecule has 0 radical (unpaired) electrons. The van der Waals surface area contributed by atoms with E-state index in [1.54, 1.807) is 7.11 Å². The van der Waals surface area contributed by atoms with E-state index < -0.39 is 0 Å². The van der Waals surface area contributed by atoms with Gasteiger partial charge in [-0.15, -0.1) is 0 Å². The third-order valence-corrected chi connectivity index (χ3v) is 3.70. The molecule has 108 valence electrons. The molecule has 1 unspecified atom stereocenters. The van der Waals surface area contributed by atoms with Crippen LogP contribution in [0.4, 0.5) is 5.69 Å². The lowest BCUT2D eigenvalue weighted by Gasteiger charge is -2.17. The van der Waals surface area contributed by atoms with Crippen LogP contribution in [0.2, 0.25) is 0 Å². The molecule has 0 amide bonds. The van der Waals surface area contributed by atoms with Gasteiger partial charge in [-0.05, 0) is 49.2 Å². The van der Waals surface area contributed by atoms with Gasteiger partial charge in [-0.2, -0.15) is 5.26 Å². The van der Waals surface area contributed by atoms with Crippen LogP contribution in [0.1, 0.15) is 18.1 Å². The zero-order valence-corrected chi connectivity index (χ0v) is 13.6. The van der Waals surface area contributed by atoms with E-state index in [9.17, 15) is 0 Å². The molecule has 0 heterocycles. The van der Waals surface area contributed by atoms with Gasteiger partial charge in [-0.1, -0.05) is 28.1 Å². The van der Waals surface area contributed by atoms with E-state index in [2.05, 4.69) is 46.4 Å². The van der Waals surface area contributed by atoms with Gasteiger partial charge in [0.15, 0.2) is 0 Å². The van der Waals surface area contributed by atoms with Gasteiger partial charge in [0.05, 0.1) is 18.4 Å². The number of nitriles is 1. The molecule has 0 aliphatic heterocycles. The number of ether oxygens (including phenoxy) is 1. The lowest BCUT2D eigenvalue weighted by Crippen LogP contribution is -2.18. The van der Waals surface area contributed by atoms with Crippen molar-refractivity contribution >= 4 is 21.6 Å². The molecular formula is C17H17BrN2O. The Balaban J connectivity index is 2.06. The van der Waals surface area contributed by atoms with Crippen molar-refractivity contribution in [3.05, 3.63) is 58.1 Å². The van der Waals surface area contributed by atoms with Crippen molar-refractivity contribution in [3.63, 3.8) is 0 Å². The summed E-state index contributed by atoms with van der Waals surface area (Å²) in [7, 11) is 1.66. The molecule has 1 atom stereocenters. The molecule has 0 saturated heterocycles. The van der Waals surface area contributed by atoms with Gasteiger partial charge in [0.25, 0.3) is 0 Å². The summed E-state index contributed by atoms with van der Waals surface area (Å²) >= 11 is 3.43. The van der Waals surface area contributed by atoms with E-state index >= 15 is 0 Å². The minimum atomic E-state index is 0.222. The summed E-state index contributed by atoms with van der Waals surface area (Å²) in [6.07, 6.45) is 0.876. The van der Waals surface area contributed by atoms with Crippen LogP contribution in [0.3, 0.4) is 0 Å². The molecule has 0 aromatic heterocycles. The Labute approximate surface area is 133 Å². The quantitative estimate of drug-likeness (QED) is 0.875. The van der Waals surface area contributed by atoms with Crippen LogP contribution in [-0.2, 0) is 6.42 Å². The van der Waals surface area contributed by atoms with Crippen molar-refractivity contribution in [1.29, 1.82) is 5.26 Å². The number of rotatable bonds is 5. The molecular weight excluding hydrogens is 328 g/mol. The highest BCUT2D eigenvalue weighted by atomic mass is 79.9. The number of hydrogen-bond acceptors (Lipinski definition) is 3. The maximum Gasteiger partial charge on any atom is 0.118 e. The third kappa shape index (κ3) is 4.24. The number of nitrogens with zero attached hydrogens (tertiary/aromatic N) is 1. The van der Waals surface area contributed by atoms with Crippen molar-refractivity contribution in [2.75, 3.05) is 12.4 Å². The van der Waals surface area contributed by atoms with Gasteiger partial charge >= 0.3 is 0 Å². The number of hydrogen-bond donors (Lipinski definition) is 1. The highest BCUT2D eigenvalue weighted by Gasteiger charge is 2.08. The fraction of sp³-hybridized carbons (Fsp3) is 0.235. The Morgan fingerprint density at radius 3 is 2.57 bits per heavy atom. The van der Waals surface area contributed by atoms with E-state index in [0.717, 1.165) is 22.3 Å². The molecule has 0 spiro atoms. The number of benzene rings is 2. The van der Waals surface area contributed by atoms with Gasteiger partial charge < -0.3 is 10.1 Å². The molecule has 1 N–H and O–H groups in total. The summed E-state index contributed by atoms with van der Waals surface area (Å²) in [6.45, 7) is 2.10. The number of methoxy groups -OCH3 is 1. The molecule has 4 heteroatoms. The van der Waals surface area contributed by atoms with Crippen molar-refractivity contribution in [3.8, 4) is 11.8 Å². The third-order valence-electron chi connectivity index (χ3n) is 3.20. The Kier molecular flexibility index (Phi) is 5.24. The SMILES string of the molecule is COc1ccc(CC(C)Nc2cc(Br)ccc2C#N)cc1. The predicted octanol–water partition coefficient (Wildman–Crippen LogP) is 4.37. The number of nitrogens with one attached hydrogen (secondary N) is 1. The Bertz CT molecular complexity index is 647. The summed E-state index contributed by atoms with van der Waals surface area (Å²) in [4.78, 5) is 0. The van der Waals surface area contributed by atoms with Gasteiger partial charge in [-0.3, -0.25) is 0 Å². The second kappa shape index (κ2) is 7.14. The van der Waals surface area contributed by atoms with Crippen LogP contribution >= 0.6 is 15.9 Å². The van der Waals surface area contributed by atoms with E-state index in [1.807, 2.05) is 30.3 Å². The van der Waals surface area contributed by atoms with E-state index in [1.165, 1.54) is 5.56 Å². The highest BCUT2D eigenvalue weighted by Crippen LogP contribution is 2.22. The van der Waals surface area contributed by atoms with Crippen molar-refractivity contribution in [1.82, 2.24) is 0 Å². The molecule has 3 nitrogen and oxygen atoms in total. The topological polar surface area (TPSA) is 45.0 Å². The minimum Gasteiger partial charge on any atom is -0.497 e. The van der Waals surface area contributed by atoms with Crippen molar-refractivity contribution < 1.29 is 4.74 Å². The Hall–Kier alpha value is -1.99. The largest absolute Gasteiger partial charge is 0.497 e. The molecule has 2 aromatic carbocycles. The van der Waals surface area contributed by atoms with Gasteiger partial charge in [0.2, 0.25) is 0 Å². The zero-order chi connectivity index (χ0) is 15.2. The maximum absolute atomic E-state index is 9.15. The van der Waals surface area contributed by atoms with E-state index in [0.29, 0.717) is 5.56 Å². The molecule has 2 rings (SSSR count). The fourth-order valence-corrected chi connectivity index (χ4v) is 2.53. The van der Waals surface area contributed by atoms with Crippen LogP contribution in [0.5, 0.6) is 5.75 Å². The second-order valence-electron chi connectivity index (χ2n) is 4.90. The van der Waals surface area contributed by atoms with Crippen molar-refractivity contribution in [2.45, 2.75) is 19.4 Å². The number of halogens is 1. The van der Waals surface area contributed by atoms with Gasteiger partial charge in [0, 0.05) is 10.5 Å². The summed E-state index contributed by atoms with van der Waals surface area (Å²) in [5, 5.41) is 12.5. The van der Waals surface area contributed by atoms with Crippen molar-refractivity contribution in [2.24, 2.45) is 0 Å². The lowest BCUT2D eigenvalue weighted by atomic mass is 10.1. The predicted molar refractivity (Wildman–Crippen MR) is 88.6 cm³/mol. The summed E-state index contributed by atoms with van der Waals surface area (Å²) in [6, 6.07) is 16.1. The molecule has 0 fully saturated rings. The van der Waals surface area contributed by atoms with E-state index in [-0.39, 0.29) is 6.04 Å². The first-order valence-electron chi connectivity index (χ1n) is 6.71. The fourth-order valence-electron chi connectivity index (χ4n) is 2.17. The molecule has 0 aliphatic rings. The maximum atomic E-state index is 9.15. The Morgan fingerprint density at radius 1 is 1.24 bits per heavy atom. The molecule has 0 saturated carbocycles. The monoisotopic (exact) mass is 344 g/mol. The highest BCUT2D eigenvalue weighted by molar-refractivity contribution is 9.10. The van der Waals surface area contributed by atoms with Crippen LogP contribution in [0, 0.1) is 11.3 Å². The first kappa shape index (κ1) is 15.4. The normalized spacial score (nSPS) is 11.5. The lowest BCUT2D eigenvalue weighted by molar-refractivity contribution is 0.414. The minimum absolute atomic E-state index is 0.222. The second-order valence-corrected chi connectivity index (χ2v) is 5.81. The average molecular weight is 345 g/mol. The zero-order valence-electron chi connectivity index (χ0n) is 12.1. The summed E-state index contributed by atoms with van der Waals surface area (Å²) < 4.78 is 6.12. The van der Waals surface area contributed by atoms with Crippen LogP contribution < -0.4 is 10.1 Å². The van der Waals surface area contributed by atoms with Crippen LogP contribution in [-0.4, -0.2) is 13.2 Å². The first-order chi connectivity index (χ1) is 10.1. The molecule has 21 heavy (non-hydrogen) atoms. The van der Waals surface area contributed by atoms with Gasteiger partial charge in [0.1, 0.15) is 11.8 Å². The van der Waals surface area contributed by atoms with Crippen LogP contribution in [0.15, 0.2) is 46.9 Å². The molecule has 2 aromatic rings. The standard InChI is InChI=1S/C17H17BrN2O/c1-12(9-13-3-7-16(21-2)8-4-13)20-17-10-15(18)6-5-14(17)11-19/h3-8,10,12,20H,9H2,1-2H3. The molecule has 0 bridgehead atoms. The first-order valence-corrected chi connectivity index (χ1v) is 7.51. The van der Waals surface area contributed by atoms with E-state index in [4.69, 9.17) is 10.00 Å². The average Bonchev–Trinajstić information content (AvgIpc) is 2.48. The van der Waals surface area contributed by atoms with Gasteiger partial charge in [-0.25, -0.2) is 0 Å². The number of anilines is 1. The summed E-state index contributed by atoms with van der Waals surface area (Å²) in [5.41, 5.74) is 2.73.